The van der Waals surface area contributed by atoms with Gasteiger partial charge in [-0.15, -0.1) is 0 Å². The summed E-state index contributed by atoms with van der Waals surface area (Å²) in [4.78, 5) is 34.5. The number of halogens is 2. The highest BCUT2D eigenvalue weighted by atomic mass is 35.5. The molecule has 4 aromatic carbocycles. The number of nitrogens with zero attached hydrogens (tertiary/aromatic N) is 2. The number of pyridine rings is 2. The zero-order chi connectivity index (χ0) is 40.4. The Hall–Kier alpha value is -4.78. The number of hydrogen-bond acceptors (Lipinski definition) is 4. The molecule has 2 amide bonds. The van der Waals surface area contributed by atoms with E-state index < -0.39 is 0 Å². The smallest absolute Gasteiger partial charge is 0.251 e. The van der Waals surface area contributed by atoms with Crippen LogP contribution < -0.4 is 10.6 Å². The van der Waals surface area contributed by atoms with E-state index in [4.69, 9.17) is 23.2 Å². The summed E-state index contributed by atoms with van der Waals surface area (Å²) in [6, 6.07) is 35.8. The summed E-state index contributed by atoms with van der Waals surface area (Å²) in [6.07, 6.45) is 15.1. The Balaban J connectivity index is 0.000000177. The lowest BCUT2D eigenvalue weighted by Crippen LogP contribution is -2.41. The second-order valence-electron chi connectivity index (χ2n) is 16.1. The van der Waals surface area contributed by atoms with Gasteiger partial charge in [0, 0.05) is 56.4 Å². The van der Waals surface area contributed by atoms with Gasteiger partial charge in [-0.1, -0.05) is 73.4 Å². The van der Waals surface area contributed by atoms with Gasteiger partial charge < -0.3 is 10.6 Å². The van der Waals surface area contributed by atoms with E-state index in [2.05, 4.69) is 83.0 Å². The van der Waals surface area contributed by atoms with E-state index in [9.17, 15) is 9.59 Å². The minimum absolute atomic E-state index is 0.00521. The minimum atomic E-state index is -0.00521. The van der Waals surface area contributed by atoms with Gasteiger partial charge in [0.1, 0.15) is 0 Å². The second kappa shape index (κ2) is 19.8. The highest BCUT2D eigenvalue weighted by molar-refractivity contribution is 6.31. The van der Waals surface area contributed by atoms with Crippen LogP contribution in [-0.4, -0.2) is 33.9 Å². The minimum Gasteiger partial charge on any atom is -0.349 e. The van der Waals surface area contributed by atoms with Gasteiger partial charge in [-0.25, -0.2) is 0 Å². The summed E-state index contributed by atoms with van der Waals surface area (Å²) in [7, 11) is 0. The summed E-state index contributed by atoms with van der Waals surface area (Å²) < 4.78 is 0. The van der Waals surface area contributed by atoms with Crippen molar-refractivity contribution in [2.45, 2.75) is 102 Å². The maximum Gasteiger partial charge on any atom is 0.251 e. The van der Waals surface area contributed by atoms with Gasteiger partial charge in [-0.3, -0.25) is 19.6 Å². The quantitative estimate of drug-likeness (QED) is 0.144. The van der Waals surface area contributed by atoms with E-state index in [0.717, 1.165) is 75.2 Å². The van der Waals surface area contributed by atoms with E-state index in [1.807, 2.05) is 24.5 Å². The summed E-state index contributed by atoms with van der Waals surface area (Å²) in [5.74, 6) is 2.17. The van der Waals surface area contributed by atoms with Crippen molar-refractivity contribution in [3.63, 3.8) is 0 Å². The van der Waals surface area contributed by atoms with Gasteiger partial charge >= 0.3 is 0 Å². The number of aromatic nitrogens is 2. The Morgan fingerprint density at radius 3 is 1.28 bits per heavy atom. The topological polar surface area (TPSA) is 84.0 Å². The third-order valence-corrected chi connectivity index (χ3v) is 13.1. The fourth-order valence-corrected chi connectivity index (χ4v) is 9.40. The van der Waals surface area contributed by atoms with Crippen LogP contribution in [-0.2, 0) is 0 Å². The van der Waals surface area contributed by atoms with Crippen molar-refractivity contribution in [1.29, 1.82) is 0 Å². The summed E-state index contributed by atoms with van der Waals surface area (Å²) in [5, 5.41) is 10.2. The normalized spacial score (nSPS) is 20.3. The Morgan fingerprint density at radius 2 is 0.914 bits per heavy atom. The van der Waals surface area contributed by atoms with Crippen molar-refractivity contribution >= 4 is 56.8 Å². The molecule has 0 unspecified atom stereocenters. The number of carbonyl (C=O) groups excluding carboxylic acids is 2. The van der Waals surface area contributed by atoms with Crippen molar-refractivity contribution in [3.8, 4) is 0 Å². The molecule has 6 aromatic rings. The van der Waals surface area contributed by atoms with Crippen molar-refractivity contribution in [2.75, 3.05) is 0 Å². The number of hydrogen-bond donors (Lipinski definition) is 2. The molecule has 2 atom stereocenters. The zero-order valence-electron chi connectivity index (χ0n) is 33.5. The Labute approximate surface area is 353 Å². The molecule has 300 valence electrons. The SMILES string of the molecule is CC[C@@H](NC(=O)c1ccc(Cl)cc1)C1CCC(c2cnc3ccccc3c2)CC1.CC[C@H](NC(=O)c1ccc(Cl)cc1)C1CCC(c2cnc3ccccc3c2)CC1. The van der Waals surface area contributed by atoms with Gasteiger partial charge in [0.2, 0.25) is 0 Å². The second-order valence-corrected chi connectivity index (χ2v) is 17.0. The molecule has 2 aliphatic carbocycles. The summed E-state index contributed by atoms with van der Waals surface area (Å²) in [5.41, 5.74) is 6.15. The predicted octanol–water partition coefficient (Wildman–Crippen LogP) is 12.7. The van der Waals surface area contributed by atoms with Gasteiger partial charge in [-0.05, 0) is 172 Å². The maximum absolute atomic E-state index is 12.6. The third kappa shape index (κ3) is 10.4. The van der Waals surface area contributed by atoms with Crippen molar-refractivity contribution < 1.29 is 9.59 Å². The van der Waals surface area contributed by atoms with Crippen molar-refractivity contribution in [1.82, 2.24) is 20.6 Å². The van der Waals surface area contributed by atoms with Crippen LogP contribution in [0.2, 0.25) is 10.0 Å². The summed E-state index contributed by atoms with van der Waals surface area (Å²) in [6.45, 7) is 4.32. The lowest BCUT2D eigenvalue weighted by molar-refractivity contribution is 0.0901. The molecule has 2 heterocycles. The highest BCUT2D eigenvalue weighted by Gasteiger charge is 2.30. The molecule has 2 aromatic heterocycles. The first-order valence-corrected chi connectivity index (χ1v) is 21.9. The van der Waals surface area contributed by atoms with E-state index in [1.54, 1.807) is 48.5 Å². The number of carbonyl (C=O) groups is 2. The molecule has 2 saturated carbocycles. The molecule has 6 nitrogen and oxygen atoms in total. The molecular formula is C50H54Cl2N4O2. The van der Waals surface area contributed by atoms with Crippen LogP contribution >= 0.6 is 23.2 Å². The number of fused-ring (bicyclic) bond motifs is 2. The zero-order valence-corrected chi connectivity index (χ0v) is 35.1. The molecule has 2 aliphatic rings. The van der Waals surface area contributed by atoms with Gasteiger partial charge in [0.15, 0.2) is 0 Å². The fraction of sp³-hybridized carbons (Fsp3) is 0.360. The standard InChI is InChI=1S/2C25H27ClN2O/c2*1-2-23(28-25(29)19-11-13-22(26)14-12-19)18-9-7-17(8-10-18)21-15-20-5-3-4-6-24(20)27-16-21/h2*3-6,11-18,23H,2,7-10H2,1H3,(H,28,29)/t2*17?,18?,23-/m10/s1. The lowest BCUT2D eigenvalue weighted by atomic mass is 9.75. The van der Waals surface area contributed by atoms with E-state index in [1.165, 1.54) is 21.9 Å². The number of amides is 2. The van der Waals surface area contributed by atoms with Crippen LogP contribution in [0.5, 0.6) is 0 Å². The number of nitrogens with one attached hydrogen (secondary N) is 2. The van der Waals surface area contributed by atoms with Gasteiger partial charge in [0.05, 0.1) is 11.0 Å². The van der Waals surface area contributed by atoms with E-state index in [0.29, 0.717) is 44.8 Å². The number of rotatable bonds is 10. The molecule has 2 N–H and O–H groups in total. The van der Waals surface area contributed by atoms with Crippen LogP contribution in [0, 0.1) is 11.8 Å². The van der Waals surface area contributed by atoms with E-state index in [-0.39, 0.29) is 23.9 Å². The van der Waals surface area contributed by atoms with Crippen LogP contribution in [0.4, 0.5) is 0 Å². The maximum atomic E-state index is 12.6. The van der Waals surface area contributed by atoms with Crippen LogP contribution in [0.15, 0.2) is 122 Å². The molecule has 8 heteroatoms. The molecular weight excluding hydrogens is 759 g/mol. The number of benzene rings is 4. The molecule has 0 saturated heterocycles. The molecule has 58 heavy (non-hydrogen) atoms. The summed E-state index contributed by atoms with van der Waals surface area (Å²) >= 11 is 11.9. The Kier molecular flexibility index (Phi) is 14.1. The number of para-hydroxylation sites is 2. The predicted molar refractivity (Wildman–Crippen MR) is 239 cm³/mol. The van der Waals surface area contributed by atoms with Crippen molar-refractivity contribution in [2.24, 2.45) is 11.8 Å². The molecule has 0 bridgehead atoms. The monoisotopic (exact) mass is 812 g/mol. The average molecular weight is 814 g/mol. The first-order chi connectivity index (χ1) is 28.3. The molecule has 0 spiro atoms. The molecule has 2 fully saturated rings. The van der Waals surface area contributed by atoms with Gasteiger partial charge in [0.25, 0.3) is 11.8 Å². The Morgan fingerprint density at radius 1 is 0.552 bits per heavy atom. The van der Waals surface area contributed by atoms with Crippen LogP contribution in [0.3, 0.4) is 0 Å². The fourth-order valence-electron chi connectivity index (χ4n) is 9.14. The largest absolute Gasteiger partial charge is 0.349 e. The highest BCUT2D eigenvalue weighted by Crippen LogP contribution is 2.39. The molecule has 8 rings (SSSR count). The lowest BCUT2D eigenvalue weighted by Gasteiger charge is -2.34. The first kappa shape index (κ1) is 41.4. The van der Waals surface area contributed by atoms with Gasteiger partial charge in [-0.2, -0.15) is 0 Å². The van der Waals surface area contributed by atoms with E-state index >= 15 is 0 Å². The third-order valence-electron chi connectivity index (χ3n) is 12.6. The molecule has 0 radical (unpaired) electrons. The Bertz CT molecular complexity index is 2120. The first-order valence-electron chi connectivity index (χ1n) is 21.1. The molecule has 0 aliphatic heterocycles. The van der Waals surface area contributed by atoms with Crippen LogP contribution in [0.1, 0.15) is 122 Å². The average Bonchev–Trinajstić information content (AvgIpc) is 3.27. The van der Waals surface area contributed by atoms with Crippen molar-refractivity contribution in [3.05, 3.63) is 154 Å². The van der Waals surface area contributed by atoms with Crippen LogP contribution in [0.25, 0.3) is 21.8 Å².